The Hall–Kier alpha value is -3.19. The number of benzene rings is 2. The molecule has 3 rings (SSSR count). The van der Waals surface area contributed by atoms with Gasteiger partial charge >= 0.3 is 0 Å². The fourth-order valence-corrected chi connectivity index (χ4v) is 3.32. The van der Waals surface area contributed by atoms with E-state index < -0.39 is 18.4 Å². The normalized spacial score (nSPS) is 17.8. The number of amides is 1. The number of carbonyl (C=O) groups excluding carboxylic acids is 1. The van der Waals surface area contributed by atoms with Crippen molar-refractivity contribution in [1.29, 1.82) is 0 Å². The number of rotatable bonds is 7. The van der Waals surface area contributed by atoms with E-state index in [4.69, 9.17) is 26.2 Å². The maximum Gasteiger partial charge on any atom is 0.204 e. The number of nitrogens with two attached hydrogens (primary N) is 3. The second-order valence-electron chi connectivity index (χ2n) is 7.72. The largest absolute Gasteiger partial charge is 0.508 e. The van der Waals surface area contributed by atoms with Crippen molar-refractivity contribution in [3.05, 3.63) is 60.3 Å². The van der Waals surface area contributed by atoms with E-state index in [0.29, 0.717) is 18.7 Å². The summed E-state index contributed by atoms with van der Waals surface area (Å²) in [5.74, 6) is 6.18. The number of nitrogens with one attached hydrogen (secondary N) is 1. The van der Waals surface area contributed by atoms with Gasteiger partial charge in [0.25, 0.3) is 0 Å². The molecule has 1 aliphatic heterocycles. The van der Waals surface area contributed by atoms with Crippen LogP contribution in [0.2, 0.25) is 0 Å². The highest BCUT2D eigenvalue weighted by Crippen LogP contribution is 2.28. The summed E-state index contributed by atoms with van der Waals surface area (Å²) in [6.45, 7) is 10.9. The predicted molar refractivity (Wildman–Crippen MR) is 157 cm³/mol. The van der Waals surface area contributed by atoms with Crippen molar-refractivity contribution in [3.63, 3.8) is 0 Å². The Morgan fingerprint density at radius 3 is 2.18 bits per heavy atom. The molecule has 1 heterocycles. The van der Waals surface area contributed by atoms with Gasteiger partial charge in [-0.05, 0) is 49.2 Å². The summed E-state index contributed by atoms with van der Waals surface area (Å²) < 4.78 is 5.45. The maximum atomic E-state index is 10.1. The quantitative estimate of drug-likeness (QED) is 0.108. The lowest BCUT2D eigenvalue weighted by Gasteiger charge is -2.36. The molecule has 1 fully saturated rings. The lowest BCUT2D eigenvalue weighted by molar-refractivity contribution is -0.181. The highest BCUT2D eigenvalue weighted by molar-refractivity contribution is 5.80. The van der Waals surface area contributed by atoms with Crippen LogP contribution in [0.1, 0.15) is 46.1 Å². The Balaban J connectivity index is 0. The number of primary amides is 1. The molecule has 11 nitrogen and oxygen atoms in total. The van der Waals surface area contributed by atoms with Gasteiger partial charge in [0.1, 0.15) is 11.9 Å². The van der Waals surface area contributed by atoms with Crippen molar-refractivity contribution in [2.75, 3.05) is 26.8 Å². The maximum absolute atomic E-state index is 10.1. The van der Waals surface area contributed by atoms with Crippen molar-refractivity contribution < 1.29 is 30.0 Å². The lowest BCUT2D eigenvalue weighted by Crippen LogP contribution is -2.54. The Bertz CT molecular complexity index is 894. The molecule has 0 saturated carbocycles. The van der Waals surface area contributed by atoms with Gasteiger partial charge < -0.3 is 41.9 Å². The molecule has 0 bridgehead atoms. The Morgan fingerprint density at radius 2 is 1.67 bits per heavy atom. The van der Waals surface area contributed by atoms with Crippen LogP contribution in [0.3, 0.4) is 0 Å². The zero-order valence-electron chi connectivity index (χ0n) is 23.8. The second kappa shape index (κ2) is 23.9. The molecule has 222 valence electrons. The first kappa shape index (κ1) is 38.0. The van der Waals surface area contributed by atoms with Crippen LogP contribution >= 0.6 is 0 Å². The molecule has 3 atom stereocenters. The van der Waals surface area contributed by atoms with Crippen LogP contribution in [0, 0.1) is 0 Å². The number of aromatic hydroxyl groups is 1. The van der Waals surface area contributed by atoms with Gasteiger partial charge in [0.15, 0.2) is 6.23 Å². The van der Waals surface area contributed by atoms with Crippen LogP contribution < -0.4 is 22.6 Å². The standard InChI is InChI=1S/C19H23N3O4.C5H13N.C2H6.CH3NO.CH4O/c20-16(11-22(21)19-18(25)17(24)9-10-26-19)15-4-2-1-3-14(15)12-5-7-13(23)8-6-12;1-3-5-6-4-2;1-2;2-1-3;1-2/h1-8,11,17-19,23-25H,9-10,20-21H2;6H,3-5H2,1-2H3;1-2H3;1H,(H2,2,3);2H,1H3/b16-11-;;;;. The van der Waals surface area contributed by atoms with Crippen LogP contribution in [0.25, 0.3) is 16.8 Å². The van der Waals surface area contributed by atoms with Crippen molar-refractivity contribution >= 4 is 12.1 Å². The number of aliphatic hydroxyl groups is 3. The highest BCUT2D eigenvalue weighted by Gasteiger charge is 2.34. The van der Waals surface area contributed by atoms with Gasteiger partial charge in [0.05, 0.1) is 18.4 Å². The van der Waals surface area contributed by atoms with Gasteiger partial charge in [-0.3, -0.25) is 9.80 Å². The van der Waals surface area contributed by atoms with Gasteiger partial charge in [-0.1, -0.05) is 64.1 Å². The summed E-state index contributed by atoms with van der Waals surface area (Å²) in [7, 11) is 1.00. The van der Waals surface area contributed by atoms with E-state index in [1.807, 2.05) is 38.1 Å². The Labute approximate surface area is 232 Å². The number of nitrogens with zero attached hydrogens (tertiary/aromatic N) is 1. The molecule has 2 aromatic rings. The first-order valence-electron chi connectivity index (χ1n) is 13.0. The first-order chi connectivity index (χ1) is 18.8. The van der Waals surface area contributed by atoms with Gasteiger partial charge in [0, 0.05) is 18.9 Å². The van der Waals surface area contributed by atoms with Gasteiger partial charge in [0.2, 0.25) is 6.41 Å². The molecule has 1 amide bonds. The Morgan fingerprint density at radius 1 is 1.10 bits per heavy atom. The molecule has 0 aliphatic carbocycles. The second-order valence-corrected chi connectivity index (χ2v) is 7.72. The summed E-state index contributed by atoms with van der Waals surface area (Å²) >= 11 is 0. The minimum atomic E-state index is -1.12. The number of aliphatic hydroxyl groups excluding tert-OH is 3. The number of phenols is 1. The number of ether oxygens (including phenoxy) is 1. The third kappa shape index (κ3) is 14.5. The molecule has 0 spiro atoms. The average molecular weight is 552 g/mol. The molecule has 11 N–H and O–H groups in total. The summed E-state index contributed by atoms with van der Waals surface area (Å²) in [6, 6.07) is 14.3. The minimum Gasteiger partial charge on any atom is -0.508 e. The molecule has 11 heteroatoms. The van der Waals surface area contributed by atoms with E-state index in [2.05, 4.69) is 24.9 Å². The number of hydrogen-bond donors (Lipinski definition) is 8. The molecule has 0 aromatic heterocycles. The van der Waals surface area contributed by atoms with Crippen LogP contribution in [0.15, 0.2) is 54.7 Å². The fraction of sp³-hybridized carbons (Fsp3) is 0.464. The summed E-state index contributed by atoms with van der Waals surface area (Å²) in [4.78, 5) is 8.58. The number of hydrazine groups is 1. The van der Waals surface area contributed by atoms with Gasteiger partial charge in [-0.2, -0.15) is 0 Å². The molecule has 3 unspecified atom stereocenters. The van der Waals surface area contributed by atoms with Crippen molar-refractivity contribution in [1.82, 2.24) is 10.3 Å². The van der Waals surface area contributed by atoms with Crippen LogP contribution in [-0.4, -0.2) is 77.1 Å². The van der Waals surface area contributed by atoms with E-state index in [9.17, 15) is 15.3 Å². The van der Waals surface area contributed by atoms with E-state index in [-0.39, 0.29) is 12.2 Å². The zero-order chi connectivity index (χ0) is 30.2. The van der Waals surface area contributed by atoms with E-state index in [1.165, 1.54) is 17.6 Å². The van der Waals surface area contributed by atoms with Crippen molar-refractivity contribution in [2.45, 2.75) is 59.0 Å². The van der Waals surface area contributed by atoms with Gasteiger partial charge in [-0.15, -0.1) is 0 Å². The summed E-state index contributed by atoms with van der Waals surface area (Å²) in [5, 5.41) is 40.7. The highest BCUT2D eigenvalue weighted by atomic mass is 16.5. The van der Waals surface area contributed by atoms with Crippen LogP contribution in [-0.2, 0) is 9.53 Å². The van der Waals surface area contributed by atoms with E-state index >= 15 is 0 Å². The third-order valence-electron chi connectivity index (χ3n) is 5.06. The van der Waals surface area contributed by atoms with Crippen LogP contribution in [0.4, 0.5) is 0 Å². The number of phenolic OH excluding ortho intramolecular Hbond substituents is 1. The van der Waals surface area contributed by atoms with Crippen molar-refractivity contribution in [3.8, 4) is 16.9 Å². The number of hydrogen-bond acceptors (Lipinski definition) is 10. The smallest absolute Gasteiger partial charge is 0.204 e. The van der Waals surface area contributed by atoms with E-state index in [1.54, 1.807) is 24.3 Å². The molecular weight excluding hydrogens is 502 g/mol. The third-order valence-corrected chi connectivity index (χ3v) is 5.06. The lowest BCUT2D eigenvalue weighted by atomic mass is 9.98. The molecule has 2 aromatic carbocycles. The predicted octanol–water partition coefficient (Wildman–Crippen LogP) is 1.70. The number of carbonyl (C=O) groups is 1. The fourth-order valence-electron chi connectivity index (χ4n) is 3.32. The van der Waals surface area contributed by atoms with Gasteiger partial charge in [-0.25, -0.2) is 5.84 Å². The zero-order valence-corrected chi connectivity index (χ0v) is 23.8. The SMILES string of the molecule is CC.CCCNCC.CO.N/C(=C\N(N)C1OCCC(O)C1O)c1ccccc1-c1ccc(O)cc1.NC=O. The molecule has 1 aliphatic rings. The Kier molecular flexibility index (Phi) is 23.3. The first-order valence-corrected chi connectivity index (χ1v) is 13.0. The summed E-state index contributed by atoms with van der Waals surface area (Å²) in [5.41, 5.74) is 13.3. The van der Waals surface area contributed by atoms with E-state index in [0.717, 1.165) is 36.9 Å². The van der Waals surface area contributed by atoms with Crippen molar-refractivity contribution in [2.24, 2.45) is 17.3 Å². The minimum absolute atomic E-state index is 0.185. The summed E-state index contributed by atoms with van der Waals surface area (Å²) in [6.07, 6.45) is 0.440. The molecule has 0 radical (unpaired) electrons. The topological polar surface area (TPSA) is 201 Å². The molecule has 39 heavy (non-hydrogen) atoms. The average Bonchev–Trinajstić information content (AvgIpc) is 2.96. The molecule has 1 saturated heterocycles. The van der Waals surface area contributed by atoms with Crippen LogP contribution in [0.5, 0.6) is 5.75 Å². The molecular formula is C28H49N5O6. The monoisotopic (exact) mass is 551 g/mol.